The maximum atomic E-state index is 3.47. The second-order valence-electron chi connectivity index (χ2n) is 5.08. The zero-order valence-corrected chi connectivity index (χ0v) is 12.8. The number of benzene rings is 1. The fraction of sp³-hybridized carbons (Fsp3) is 0.571. The maximum absolute atomic E-state index is 3.47. The number of piperazine rings is 1. The van der Waals surface area contributed by atoms with Crippen molar-refractivity contribution in [2.24, 2.45) is 0 Å². The van der Waals surface area contributed by atoms with Gasteiger partial charge in [0, 0.05) is 48.9 Å². The van der Waals surface area contributed by atoms with Gasteiger partial charge >= 0.3 is 0 Å². The Morgan fingerprint density at radius 2 is 2.00 bits per heavy atom. The lowest BCUT2D eigenvalue weighted by Crippen LogP contribution is -2.51. The van der Waals surface area contributed by atoms with Crippen LogP contribution in [0.3, 0.4) is 0 Å². The lowest BCUT2D eigenvalue weighted by molar-refractivity contribution is 0.104. The van der Waals surface area contributed by atoms with Gasteiger partial charge in [0.15, 0.2) is 0 Å². The van der Waals surface area contributed by atoms with Crippen molar-refractivity contribution in [3.8, 4) is 0 Å². The average molecular weight is 312 g/mol. The van der Waals surface area contributed by atoms with Crippen molar-refractivity contribution in [2.45, 2.75) is 13.0 Å². The summed E-state index contributed by atoms with van der Waals surface area (Å²) >= 11 is 3.45. The molecule has 3 nitrogen and oxygen atoms in total. The highest BCUT2D eigenvalue weighted by atomic mass is 79.9. The van der Waals surface area contributed by atoms with E-state index in [1.54, 1.807) is 0 Å². The summed E-state index contributed by atoms with van der Waals surface area (Å²) in [6.07, 6.45) is 0. The lowest BCUT2D eigenvalue weighted by Gasteiger charge is -2.38. The van der Waals surface area contributed by atoms with Gasteiger partial charge in [0.1, 0.15) is 0 Å². The highest BCUT2D eigenvalue weighted by molar-refractivity contribution is 9.10. The smallest absolute Gasteiger partial charge is 0.0341 e. The van der Waals surface area contributed by atoms with Crippen LogP contribution in [0.15, 0.2) is 28.7 Å². The second-order valence-corrected chi connectivity index (χ2v) is 6.00. The molecule has 18 heavy (non-hydrogen) atoms. The molecule has 1 heterocycles. The molecule has 0 aliphatic carbocycles. The Morgan fingerprint density at radius 3 is 2.67 bits per heavy atom. The van der Waals surface area contributed by atoms with Crippen molar-refractivity contribution in [3.63, 3.8) is 0 Å². The summed E-state index contributed by atoms with van der Waals surface area (Å²) in [6, 6.07) is 9.02. The van der Waals surface area contributed by atoms with Crippen molar-refractivity contribution in [1.29, 1.82) is 0 Å². The first-order chi connectivity index (χ1) is 8.65. The van der Waals surface area contributed by atoms with E-state index >= 15 is 0 Å². The quantitative estimate of drug-likeness (QED) is 0.921. The summed E-state index contributed by atoms with van der Waals surface area (Å²) in [4.78, 5) is 4.97. The third-order valence-electron chi connectivity index (χ3n) is 3.54. The Morgan fingerprint density at radius 1 is 1.28 bits per heavy atom. The second kappa shape index (κ2) is 6.55. The van der Waals surface area contributed by atoms with Gasteiger partial charge in [0.25, 0.3) is 0 Å². The maximum Gasteiger partial charge on any atom is 0.0341 e. The SMILES string of the molecule is CC1CN(C)CCN1CCNc1ccc(Br)cc1. The molecule has 1 aromatic rings. The van der Waals surface area contributed by atoms with E-state index in [4.69, 9.17) is 0 Å². The molecule has 1 aliphatic heterocycles. The molecular formula is C14H22BrN3. The minimum Gasteiger partial charge on any atom is -0.384 e. The third-order valence-corrected chi connectivity index (χ3v) is 4.07. The van der Waals surface area contributed by atoms with E-state index in [0.717, 1.165) is 17.6 Å². The highest BCUT2D eigenvalue weighted by Crippen LogP contribution is 2.14. The number of rotatable bonds is 4. The van der Waals surface area contributed by atoms with Crippen LogP contribution in [-0.2, 0) is 0 Å². The average Bonchev–Trinajstić information content (AvgIpc) is 2.34. The Kier molecular flexibility index (Phi) is 5.03. The van der Waals surface area contributed by atoms with Crippen molar-refractivity contribution in [2.75, 3.05) is 45.1 Å². The van der Waals surface area contributed by atoms with Gasteiger partial charge in [-0.25, -0.2) is 0 Å². The van der Waals surface area contributed by atoms with E-state index in [2.05, 4.69) is 69.3 Å². The molecule has 0 bridgehead atoms. The van der Waals surface area contributed by atoms with Gasteiger partial charge in [-0.3, -0.25) is 4.90 Å². The molecule has 0 saturated carbocycles. The monoisotopic (exact) mass is 311 g/mol. The Bertz CT molecular complexity index is 366. The zero-order chi connectivity index (χ0) is 13.0. The summed E-state index contributed by atoms with van der Waals surface area (Å²) in [5.74, 6) is 0. The van der Waals surface area contributed by atoms with Crippen LogP contribution < -0.4 is 5.32 Å². The molecule has 1 atom stereocenters. The summed E-state index contributed by atoms with van der Waals surface area (Å²) < 4.78 is 1.13. The molecule has 2 rings (SSSR count). The molecule has 1 N–H and O–H groups in total. The van der Waals surface area contributed by atoms with E-state index in [9.17, 15) is 0 Å². The first kappa shape index (κ1) is 13.8. The van der Waals surface area contributed by atoms with Crippen LogP contribution in [0.5, 0.6) is 0 Å². The number of nitrogens with zero attached hydrogens (tertiary/aromatic N) is 2. The molecule has 100 valence electrons. The highest BCUT2D eigenvalue weighted by Gasteiger charge is 2.20. The van der Waals surface area contributed by atoms with Gasteiger partial charge in [-0.15, -0.1) is 0 Å². The number of halogens is 1. The van der Waals surface area contributed by atoms with Gasteiger partial charge in [-0.05, 0) is 38.2 Å². The number of anilines is 1. The fourth-order valence-corrected chi connectivity index (χ4v) is 2.69. The fourth-order valence-electron chi connectivity index (χ4n) is 2.42. The molecule has 0 spiro atoms. The predicted octanol–water partition coefficient (Wildman–Crippen LogP) is 2.50. The molecule has 1 aliphatic rings. The molecule has 1 saturated heterocycles. The van der Waals surface area contributed by atoms with Crippen LogP contribution in [0, 0.1) is 0 Å². The standard InChI is InChI=1S/C14H22BrN3/c1-12-11-17(2)9-10-18(12)8-7-16-14-5-3-13(15)4-6-14/h3-6,12,16H,7-11H2,1-2H3. The van der Waals surface area contributed by atoms with Gasteiger partial charge in [0.05, 0.1) is 0 Å². The molecule has 1 unspecified atom stereocenters. The van der Waals surface area contributed by atoms with Crippen molar-refractivity contribution < 1.29 is 0 Å². The van der Waals surface area contributed by atoms with Crippen LogP contribution in [0.2, 0.25) is 0 Å². The minimum absolute atomic E-state index is 0.662. The Hall–Kier alpha value is -0.580. The summed E-state index contributed by atoms with van der Waals surface area (Å²) in [5, 5.41) is 3.47. The van der Waals surface area contributed by atoms with E-state index < -0.39 is 0 Å². The van der Waals surface area contributed by atoms with Crippen molar-refractivity contribution in [1.82, 2.24) is 9.80 Å². The van der Waals surface area contributed by atoms with Crippen LogP contribution in [0.4, 0.5) is 5.69 Å². The van der Waals surface area contributed by atoms with Crippen molar-refractivity contribution >= 4 is 21.6 Å². The summed E-state index contributed by atoms with van der Waals surface area (Å²) in [7, 11) is 2.20. The number of nitrogens with one attached hydrogen (secondary N) is 1. The number of likely N-dealkylation sites (N-methyl/N-ethyl adjacent to an activating group) is 1. The van der Waals surface area contributed by atoms with E-state index in [1.807, 2.05) is 0 Å². The predicted molar refractivity (Wildman–Crippen MR) is 81.2 cm³/mol. The molecule has 1 aromatic carbocycles. The van der Waals surface area contributed by atoms with Crippen LogP contribution >= 0.6 is 15.9 Å². The van der Waals surface area contributed by atoms with Crippen LogP contribution in [0.25, 0.3) is 0 Å². The van der Waals surface area contributed by atoms with Crippen molar-refractivity contribution in [3.05, 3.63) is 28.7 Å². The normalized spacial score (nSPS) is 22.1. The van der Waals surface area contributed by atoms with Crippen LogP contribution in [0.1, 0.15) is 6.92 Å². The van der Waals surface area contributed by atoms with Gasteiger partial charge in [0.2, 0.25) is 0 Å². The first-order valence-corrected chi connectivity index (χ1v) is 7.36. The van der Waals surface area contributed by atoms with Gasteiger partial charge < -0.3 is 10.2 Å². The molecule has 0 amide bonds. The van der Waals surface area contributed by atoms with E-state index in [-0.39, 0.29) is 0 Å². The summed E-state index contributed by atoms with van der Waals surface area (Å²) in [5.41, 5.74) is 1.19. The molecule has 4 heteroatoms. The van der Waals surface area contributed by atoms with Gasteiger partial charge in [-0.1, -0.05) is 15.9 Å². The number of hydrogen-bond acceptors (Lipinski definition) is 3. The van der Waals surface area contributed by atoms with Gasteiger partial charge in [-0.2, -0.15) is 0 Å². The first-order valence-electron chi connectivity index (χ1n) is 6.57. The molecular weight excluding hydrogens is 290 g/mol. The van der Waals surface area contributed by atoms with E-state index in [1.165, 1.54) is 25.3 Å². The van der Waals surface area contributed by atoms with Crippen LogP contribution in [-0.4, -0.2) is 55.6 Å². The Labute approximate surface area is 118 Å². The molecule has 0 aromatic heterocycles. The molecule has 1 fully saturated rings. The lowest BCUT2D eigenvalue weighted by atomic mass is 10.2. The summed E-state index contributed by atoms with van der Waals surface area (Å²) in [6.45, 7) is 7.98. The minimum atomic E-state index is 0.662. The van der Waals surface area contributed by atoms with E-state index in [0.29, 0.717) is 6.04 Å². The third kappa shape index (κ3) is 3.97. The number of hydrogen-bond donors (Lipinski definition) is 1. The molecule has 0 radical (unpaired) electrons. The largest absolute Gasteiger partial charge is 0.384 e. The zero-order valence-electron chi connectivity index (χ0n) is 11.2. The topological polar surface area (TPSA) is 18.5 Å². The Balaban J connectivity index is 1.73.